The first kappa shape index (κ1) is 13.1. The molecule has 0 spiro atoms. The fraction of sp³-hybridized carbons (Fsp3) is 0.500. The lowest BCUT2D eigenvalue weighted by molar-refractivity contribution is -0.137. The highest BCUT2D eigenvalue weighted by Gasteiger charge is 2.40. The third-order valence-electron chi connectivity index (χ3n) is 3.41. The molecule has 1 aliphatic rings. The zero-order valence-corrected chi connectivity index (χ0v) is 10.7. The fourth-order valence-corrected chi connectivity index (χ4v) is 2.15. The molecule has 0 radical (unpaired) electrons. The normalized spacial score (nSPS) is 18.2. The minimum Gasteiger partial charge on any atom is -0.395 e. The zero-order valence-electron chi connectivity index (χ0n) is 10.7. The topological polar surface area (TPSA) is 66.6 Å². The molecule has 0 aromatic heterocycles. The van der Waals surface area contributed by atoms with Crippen LogP contribution in [0.2, 0.25) is 0 Å². The quantitative estimate of drug-likeness (QED) is 0.811. The van der Waals surface area contributed by atoms with Crippen LogP contribution in [-0.4, -0.2) is 35.1 Å². The first-order chi connectivity index (χ1) is 8.57. The molecule has 1 aromatic rings. The van der Waals surface area contributed by atoms with Gasteiger partial charge in [-0.25, -0.2) is 0 Å². The molecule has 1 atom stereocenters. The summed E-state index contributed by atoms with van der Waals surface area (Å²) < 4.78 is 0. The van der Waals surface area contributed by atoms with E-state index in [9.17, 15) is 4.79 Å². The molecule has 0 saturated heterocycles. The average molecular weight is 248 g/mol. The second-order valence-corrected chi connectivity index (χ2v) is 5.02. The summed E-state index contributed by atoms with van der Waals surface area (Å²) in [5.41, 5.74) is 5.98. The van der Waals surface area contributed by atoms with E-state index in [1.807, 2.05) is 30.3 Å². The standard InChI is InChI=1S/C14H20N2O2/c1-14(15,11-5-3-2-4-6-11)13(18)16(9-10-17)12-7-8-12/h2-6,12,17H,7-10,15H2,1H3. The van der Waals surface area contributed by atoms with Crippen LogP contribution < -0.4 is 5.73 Å². The molecule has 4 nitrogen and oxygen atoms in total. The van der Waals surface area contributed by atoms with E-state index >= 15 is 0 Å². The van der Waals surface area contributed by atoms with Crippen LogP contribution >= 0.6 is 0 Å². The Bertz CT molecular complexity index is 413. The summed E-state index contributed by atoms with van der Waals surface area (Å²) in [4.78, 5) is 14.2. The van der Waals surface area contributed by atoms with Crippen LogP contribution in [0.4, 0.5) is 0 Å². The van der Waals surface area contributed by atoms with Crippen molar-refractivity contribution < 1.29 is 9.90 Å². The highest BCUT2D eigenvalue weighted by Crippen LogP contribution is 2.30. The molecule has 1 unspecified atom stereocenters. The van der Waals surface area contributed by atoms with Gasteiger partial charge in [-0.1, -0.05) is 30.3 Å². The van der Waals surface area contributed by atoms with Gasteiger partial charge in [-0.05, 0) is 25.3 Å². The molecular weight excluding hydrogens is 228 g/mol. The molecule has 0 aliphatic heterocycles. The molecule has 1 aliphatic carbocycles. The highest BCUT2D eigenvalue weighted by molar-refractivity contribution is 5.87. The SMILES string of the molecule is CC(N)(C(=O)N(CCO)C1CC1)c1ccccc1. The predicted octanol–water partition coefficient (Wildman–Crippen LogP) is 0.844. The van der Waals surface area contributed by atoms with Crippen molar-refractivity contribution in [2.45, 2.75) is 31.3 Å². The minimum absolute atomic E-state index is 0.0207. The minimum atomic E-state index is -1.03. The van der Waals surface area contributed by atoms with Gasteiger partial charge in [0.2, 0.25) is 5.91 Å². The first-order valence-electron chi connectivity index (χ1n) is 6.33. The van der Waals surface area contributed by atoms with Crippen molar-refractivity contribution in [2.24, 2.45) is 5.73 Å². The molecule has 4 heteroatoms. The van der Waals surface area contributed by atoms with Gasteiger partial charge in [-0.15, -0.1) is 0 Å². The number of aliphatic hydroxyl groups excluding tert-OH is 1. The van der Waals surface area contributed by atoms with E-state index in [1.165, 1.54) is 0 Å². The lowest BCUT2D eigenvalue weighted by Gasteiger charge is -2.32. The molecule has 1 aromatic carbocycles. The van der Waals surface area contributed by atoms with Crippen molar-refractivity contribution in [1.82, 2.24) is 4.90 Å². The van der Waals surface area contributed by atoms with Gasteiger partial charge in [0.25, 0.3) is 0 Å². The summed E-state index contributed by atoms with van der Waals surface area (Å²) in [6.07, 6.45) is 2.02. The number of carbonyl (C=O) groups is 1. The highest BCUT2D eigenvalue weighted by atomic mass is 16.3. The lowest BCUT2D eigenvalue weighted by Crippen LogP contribution is -2.52. The van der Waals surface area contributed by atoms with E-state index in [0.717, 1.165) is 18.4 Å². The molecular formula is C14H20N2O2. The van der Waals surface area contributed by atoms with E-state index in [-0.39, 0.29) is 18.6 Å². The first-order valence-corrected chi connectivity index (χ1v) is 6.33. The molecule has 0 bridgehead atoms. The van der Waals surface area contributed by atoms with Gasteiger partial charge in [-0.2, -0.15) is 0 Å². The summed E-state index contributed by atoms with van der Waals surface area (Å²) in [6, 6.07) is 9.64. The van der Waals surface area contributed by atoms with Crippen LogP contribution in [0.3, 0.4) is 0 Å². The molecule has 3 N–H and O–H groups in total. The number of carbonyl (C=O) groups excluding carboxylic acids is 1. The number of benzene rings is 1. The number of nitrogens with two attached hydrogens (primary N) is 1. The Morgan fingerprint density at radius 2 is 2.06 bits per heavy atom. The van der Waals surface area contributed by atoms with Gasteiger partial charge in [0.05, 0.1) is 6.61 Å². The summed E-state index contributed by atoms with van der Waals surface area (Å²) in [7, 11) is 0. The van der Waals surface area contributed by atoms with E-state index in [0.29, 0.717) is 6.54 Å². The summed E-state index contributed by atoms with van der Waals surface area (Å²) >= 11 is 0. The third kappa shape index (κ3) is 2.54. The van der Waals surface area contributed by atoms with Crippen LogP contribution in [0.25, 0.3) is 0 Å². The Morgan fingerprint density at radius 1 is 1.44 bits per heavy atom. The Labute approximate surface area is 107 Å². The summed E-state index contributed by atoms with van der Waals surface area (Å²) in [6.45, 7) is 2.08. The predicted molar refractivity (Wildman–Crippen MR) is 69.8 cm³/mol. The summed E-state index contributed by atoms with van der Waals surface area (Å²) in [5, 5.41) is 9.06. The maximum atomic E-state index is 12.5. The van der Waals surface area contributed by atoms with E-state index in [2.05, 4.69) is 0 Å². The van der Waals surface area contributed by atoms with Crippen molar-refractivity contribution in [2.75, 3.05) is 13.2 Å². The molecule has 1 amide bonds. The average Bonchev–Trinajstić information content (AvgIpc) is 3.20. The van der Waals surface area contributed by atoms with Crippen LogP contribution in [-0.2, 0) is 10.3 Å². The maximum absolute atomic E-state index is 12.5. The van der Waals surface area contributed by atoms with Crippen LogP contribution in [0.5, 0.6) is 0 Å². The Morgan fingerprint density at radius 3 is 2.56 bits per heavy atom. The number of hydrogen-bond donors (Lipinski definition) is 2. The number of aliphatic hydroxyl groups is 1. The van der Waals surface area contributed by atoms with E-state index < -0.39 is 5.54 Å². The number of hydrogen-bond acceptors (Lipinski definition) is 3. The molecule has 0 heterocycles. The van der Waals surface area contributed by atoms with Crippen molar-refractivity contribution in [3.05, 3.63) is 35.9 Å². The van der Waals surface area contributed by atoms with E-state index in [1.54, 1.807) is 11.8 Å². The van der Waals surface area contributed by atoms with E-state index in [4.69, 9.17) is 10.8 Å². The molecule has 98 valence electrons. The van der Waals surface area contributed by atoms with Gasteiger partial charge in [-0.3, -0.25) is 4.79 Å². The molecule has 18 heavy (non-hydrogen) atoms. The zero-order chi connectivity index (χ0) is 13.2. The Kier molecular flexibility index (Phi) is 3.68. The number of amides is 1. The van der Waals surface area contributed by atoms with Crippen molar-refractivity contribution in [1.29, 1.82) is 0 Å². The fourth-order valence-electron chi connectivity index (χ4n) is 2.15. The van der Waals surface area contributed by atoms with Crippen molar-refractivity contribution in [3.8, 4) is 0 Å². The van der Waals surface area contributed by atoms with Crippen LogP contribution in [0.1, 0.15) is 25.3 Å². The van der Waals surface area contributed by atoms with Gasteiger partial charge in [0.15, 0.2) is 0 Å². The molecule has 1 fully saturated rings. The molecule has 1 saturated carbocycles. The maximum Gasteiger partial charge on any atom is 0.247 e. The van der Waals surface area contributed by atoms with Gasteiger partial charge in [0.1, 0.15) is 5.54 Å². The van der Waals surface area contributed by atoms with Crippen LogP contribution in [0, 0.1) is 0 Å². The lowest BCUT2D eigenvalue weighted by atomic mass is 9.91. The third-order valence-corrected chi connectivity index (χ3v) is 3.41. The smallest absolute Gasteiger partial charge is 0.247 e. The van der Waals surface area contributed by atoms with Gasteiger partial charge >= 0.3 is 0 Å². The van der Waals surface area contributed by atoms with Gasteiger partial charge < -0.3 is 15.7 Å². The number of nitrogens with zero attached hydrogens (tertiary/aromatic N) is 1. The molecule has 2 rings (SSSR count). The van der Waals surface area contributed by atoms with Crippen molar-refractivity contribution >= 4 is 5.91 Å². The largest absolute Gasteiger partial charge is 0.395 e. The summed E-state index contributed by atoms with van der Waals surface area (Å²) in [5.74, 6) is -0.106. The van der Waals surface area contributed by atoms with Gasteiger partial charge in [0, 0.05) is 12.6 Å². The van der Waals surface area contributed by atoms with Crippen molar-refractivity contribution in [3.63, 3.8) is 0 Å². The Balaban J connectivity index is 2.20. The van der Waals surface area contributed by atoms with Crippen LogP contribution in [0.15, 0.2) is 30.3 Å². The monoisotopic (exact) mass is 248 g/mol. The second kappa shape index (κ2) is 5.08. The Hall–Kier alpha value is -1.39. The number of rotatable bonds is 5. The second-order valence-electron chi connectivity index (χ2n) is 5.02.